The molecule has 1 unspecified atom stereocenters. The maximum Gasteiger partial charge on any atom is 0.267 e. The van der Waals surface area contributed by atoms with Gasteiger partial charge in [0.05, 0.1) is 16.8 Å². The number of amides is 1. The molecule has 0 fully saturated rings. The van der Waals surface area contributed by atoms with Crippen LogP contribution in [-0.4, -0.2) is 32.3 Å². The van der Waals surface area contributed by atoms with E-state index in [0.29, 0.717) is 5.69 Å². The number of likely N-dealkylation sites (N-methyl/N-ethyl adjacent to an activating group) is 1. The van der Waals surface area contributed by atoms with Crippen LogP contribution in [0.1, 0.15) is 13.0 Å². The van der Waals surface area contributed by atoms with E-state index in [-0.39, 0.29) is 11.5 Å². The number of hydrogen-bond donors (Lipinski definition) is 1. The average Bonchev–Trinajstić information content (AvgIpc) is 3.13. The fraction of sp³-hybridized carbons (Fsp3) is 0.143. The molecule has 0 aliphatic rings. The van der Waals surface area contributed by atoms with Gasteiger partial charge in [-0.1, -0.05) is 36.4 Å². The molecule has 3 aromatic heterocycles. The number of rotatable bonds is 4. The third-order valence-corrected chi connectivity index (χ3v) is 4.66. The topological polar surface area (TPSA) is 81.3 Å². The van der Waals surface area contributed by atoms with Gasteiger partial charge in [0.15, 0.2) is 0 Å². The summed E-state index contributed by atoms with van der Waals surface area (Å²) in [6.07, 6.45) is 1.87. The number of carbonyl (C=O) groups excluding carboxylic acids is 1. The van der Waals surface area contributed by atoms with Gasteiger partial charge in [0.2, 0.25) is 5.91 Å². The van der Waals surface area contributed by atoms with Crippen molar-refractivity contribution >= 4 is 11.4 Å². The van der Waals surface area contributed by atoms with Crippen molar-refractivity contribution in [3.05, 3.63) is 77.2 Å². The smallest absolute Gasteiger partial charge is 0.267 e. The Kier molecular flexibility index (Phi) is 4.49. The monoisotopic (exact) mass is 373 g/mol. The SMILES string of the molecule is CNC(=O)C(C)n1nc(-c2c(-c3ccccc3)nn3ccccc23)ccc1=O. The van der Waals surface area contributed by atoms with Crippen LogP contribution >= 0.6 is 0 Å². The van der Waals surface area contributed by atoms with E-state index in [4.69, 9.17) is 5.10 Å². The van der Waals surface area contributed by atoms with Crippen LogP contribution in [-0.2, 0) is 4.79 Å². The van der Waals surface area contributed by atoms with Gasteiger partial charge in [-0.25, -0.2) is 9.20 Å². The zero-order valence-electron chi connectivity index (χ0n) is 15.5. The Labute approximate surface area is 161 Å². The number of benzene rings is 1. The van der Waals surface area contributed by atoms with Gasteiger partial charge < -0.3 is 5.32 Å². The summed E-state index contributed by atoms with van der Waals surface area (Å²) in [4.78, 5) is 24.4. The minimum Gasteiger partial charge on any atom is -0.357 e. The van der Waals surface area contributed by atoms with Crippen molar-refractivity contribution in [2.45, 2.75) is 13.0 Å². The maximum absolute atomic E-state index is 12.3. The van der Waals surface area contributed by atoms with E-state index < -0.39 is 6.04 Å². The van der Waals surface area contributed by atoms with Gasteiger partial charge >= 0.3 is 0 Å². The predicted octanol–water partition coefficient (Wildman–Crippen LogP) is 2.53. The van der Waals surface area contributed by atoms with Crippen molar-refractivity contribution in [2.24, 2.45) is 0 Å². The van der Waals surface area contributed by atoms with E-state index in [0.717, 1.165) is 22.3 Å². The first-order valence-electron chi connectivity index (χ1n) is 8.95. The molecule has 4 aromatic rings. The summed E-state index contributed by atoms with van der Waals surface area (Å²) in [6.45, 7) is 1.64. The Hall–Kier alpha value is -3.74. The van der Waals surface area contributed by atoms with Gasteiger partial charge in [-0.2, -0.15) is 10.2 Å². The molecule has 0 saturated heterocycles. The molecule has 1 amide bonds. The summed E-state index contributed by atoms with van der Waals surface area (Å²) in [7, 11) is 1.53. The lowest BCUT2D eigenvalue weighted by Gasteiger charge is -2.13. The quantitative estimate of drug-likeness (QED) is 0.596. The van der Waals surface area contributed by atoms with Crippen molar-refractivity contribution in [1.82, 2.24) is 24.7 Å². The zero-order chi connectivity index (χ0) is 19.7. The maximum atomic E-state index is 12.3. The fourth-order valence-electron chi connectivity index (χ4n) is 3.21. The minimum atomic E-state index is -0.723. The zero-order valence-corrected chi connectivity index (χ0v) is 15.5. The molecule has 0 aliphatic heterocycles. The summed E-state index contributed by atoms with van der Waals surface area (Å²) >= 11 is 0. The molecule has 7 nitrogen and oxygen atoms in total. The first kappa shape index (κ1) is 17.7. The number of carbonyl (C=O) groups is 1. The van der Waals surface area contributed by atoms with Gasteiger partial charge in [-0.05, 0) is 25.1 Å². The van der Waals surface area contributed by atoms with E-state index in [9.17, 15) is 9.59 Å². The van der Waals surface area contributed by atoms with Gasteiger partial charge in [0.25, 0.3) is 5.56 Å². The second-order valence-electron chi connectivity index (χ2n) is 6.41. The summed E-state index contributed by atoms with van der Waals surface area (Å²) in [6, 6.07) is 18.0. The number of fused-ring (bicyclic) bond motifs is 1. The molecule has 1 N–H and O–H groups in total. The molecular formula is C21H19N5O2. The molecule has 7 heteroatoms. The number of nitrogens with zero attached hydrogens (tertiary/aromatic N) is 4. The molecule has 1 atom stereocenters. The molecule has 0 aliphatic carbocycles. The molecule has 0 bridgehead atoms. The van der Waals surface area contributed by atoms with Crippen LogP contribution < -0.4 is 10.9 Å². The summed E-state index contributed by atoms with van der Waals surface area (Å²) in [5.74, 6) is -0.283. The molecule has 0 radical (unpaired) electrons. The highest BCUT2D eigenvalue weighted by Crippen LogP contribution is 2.33. The van der Waals surface area contributed by atoms with Gasteiger partial charge in [0.1, 0.15) is 11.7 Å². The normalized spacial score (nSPS) is 12.1. The van der Waals surface area contributed by atoms with E-state index in [1.807, 2.05) is 54.7 Å². The van der Waals surface area contributed by atoms with E-state index in [1.165, 1.54) is 17.8 Å². The molecule has 28 heavy (non-hydrogen) atoms. The van der Waals surface area contributed by atoms with Crippen molar-refractivity contribution in [3.8, 4) is 22.5 Å². The Morgan fingerprint density at radius 1 is 1.00 bits per heavy atom. The Bertz CT molecular complexity index is 1210. The van der Waals surface area contributed by atoms with Crippen molar-refractivity contribution in [2.75, 3.05) is 7.05 Å². The number of hydrogen-bond acceptors (Lipinski definition) is 4. The lowest BCUT2D eigenvalue weighted by Crippen LogP contribution is -2.35. The molecule has 0 saturated carbocycles. The Morgan fingerprint density at radius 2 is 1.75 bits per heavy atom. The Morgan fingerprint density at radius 3 is 2.50 bits per heavy atom. The first-order valence-corrected chi connectivity index (χ1v) is 8.95. The van der Waals surface area contributed by atoms with E-state index in [1.54, 1.807) is 17.5 Å². The van der Waals surface area contributed by atoms with Gasteiger partial charge in [0, 0.05) is 24.9 Å². The number of pyridine rings is 1. The van der Waals surface area contributed by atoms with Crippen LogP contribution in [0.2, 0.25) is 0 Å². The number of aromatic nitrogens is 4. The predicted molar refractivity (Wildman–Crippen MR) is 107 cm³/mol. The van der Waals surface area contributed by atoms with Crippen LogP contribution in [0.4, 0.5) is 0 Å². The van der Waals surface area contributed by atoms with Crippen molar-refractivity contribution < 1.29 is 4.79 Å². The Balaban J connectivity index is 1.97. The average molecular weight is 373 g/mol. The van der Waals surface area contributed by atoms with Crippen LogP contribution in [0, 0.1) is 0 Å². The lowest BCUT2D eigenvalue weighted by molar-refractivity contribution is -0.123. The molecule has 3 heterocycles. The van der Waals surface area contributed by atoms with Crippen molar-refractivity contribution in [3.63, 3.8) is 0 Å². The second-order valence-corrected chi connectivity index (χ2v) is 6.41. The molecule has 0 spiro atoms. The van der Waals surface area contributed by atoms with Crippen LogP contribution in [0.15, 0.2) is 71.7 Å². The summed E-state index contributed by atoms with van der Waals surface area (Å²) in [5.41, 5.74) is 3.63. The summed E-state index contributed by atoms with van der Waals surface area (Å²) in [5, 5.41) is 11.8. The van der Waals surface area contributed by atoms with Crippen molar-refractivity contribution in [1.29, 1.82) is 0 Å². The number of nitrogens with one attached hydrogen (secondary N) is 1. The van der Waals surface area contributed by atoms with Crippen LogP contribution in [0.5, 0.6) is 0 Å². The third kappa shape index (κ3) is 2.96. The standard InChI is InChI=1S/C21H19N5O2/c1-14(21(28)22-2)26-18(27)12-11-16(23-26)19-17-10-6-7-13-25(17)24-20(19)15-8-4-3-5-9-15/h3-14H,1-2H3,(H,22,28). The highest BCUT2D eigenvalue weighted by Gasteiger charge is 2.21. The second kappa shape index (κ2) is 7.11. The molecular weight excluding hydrogens is 354 g/mol. The fourth-order valence-corrected chi connectivity index (χ4v) is 3.21. The summed E-state index contributed by atoms with van der Waals surface area (Å²) < 4.78 is 2.99. The molecule has 1 aromatic carbocycles. The molecule has 140 valence electrons. The van der Waals surface area contributed by atoms with Crippen LogP contribution in [0.3, 0.4) is 0 Å². The van der Waals surface area contributed by atoms with Gasteiger partial charge in [-0.15, -0.1) is 0 Å². The highest BCUT2D eigenvalue weighted by molar-refractivity contribution is 5.90. The van der Waals surface area contributed by atoms with E-state index >= 15 is 0 Å². The lowest BCUT2D eigenvalue weighted by atomic mass is 10.0. The molecule has 4 rings (SSSR count). The first-order chi connectivity index (χ1) is 13.6. The van der Waals surface area contributed by atoms with Gasteiger partial charge in [-0.3, -0.25) is 9.59 Å². The highest BCUT2D eigenvalue weighted by atomic mass is 16.2. The van der Waals surface area contributed by atoms with E-state index in [2.05, 4.69) is 10.4 Å². The largest absolute Gasteiger partial charge is 0.357 e. The third-order valence-electron chi connectivity index (χ3n) is 4.66. The van der Waals surface area contributed by atoms with Crippen LogP contribution in [0.25, 0.3) is 28.0 Å². The minimum absolute atomic E-state index is 0.283.